The predicted molar refractivity (Wildman–Crippen MR) is 66.3 cm³/mol. The van der Waals surface area contributed by atoms with E-state index in [2.05, 4.69) is 5.32 Å². The second kappa shape index (κ2) is 6.21. The molecule has 0 aliphatic carbocycles. The number of hydrogen-bond acceptors (Lipinski definition) is 2. The maximum Gasteiger partial charge on any atom is 0.128 e. The maximum absolute atomic E-state index is 13.5. The monoisotopic (exact) mass is 261 g/mol. The molecule has 1 aromatic carbocycles. The van der Waals surface area contributed by atoms with Crippen molar-refractivity contribution in [2.45, 2.75) is 25.9 Å². The molecule has 0 saturated carbocycles. The molecule has 0 radical (unpaired) electrons. The van der Waals surface area contributed by atoms with Gasteiger partial charge in [-0.2, -0.15) is 0 Å². The minimum atomic E-state index is -0.909. The molecule has 96 valence electrons. The van der Waals surface area contributed by atoms with E-state index in [0.717, 1.165) is 12.1 Å². The van der Waals surface area contributed by atoms with E-state index >= 15 is 0 Å². The van der Waals surface area contributed by atoms with E-state index in [1.807, 2.05) is 6.92 Å². The van der Waals surface area contributed by atoms with Crippen LogP contribution in [0.1, 0.15) is 25.5 Å². The number of nitrogens with one attached hydrogen (secondary N) is 1. The van der Waals surface area contributed by atoms with Gasteiger partial charge in [-0.15, -0.1) is 0 Å². The summed E-state index contributed by atoms with van der Waals surface area (Å²) in [5.41, 5.74) is 0.290. The van der Waals surface area contributed by atoms with Crippen LogP contribution < -0.4 is 5.32 Å². The fourth-order valence-electron chi connectivity index (χ4n) is 1.76. The van der Waals surface area contributed by atoms with Crippen LogP contribution in [0, 0.1) is 11.6 Å². The lowest BCUT2D eigenvalue weighted by Crippen LogP contribution is -2.33. The molecule has 0 bridgehead atoms. The van der Waals surface area contributed by atoms with Gasteiger partial charge in [-0.1, -0.05) is 0 Å². The zero-order valence-electron chi connectivity index (χ0n) is 10.2. The SMILES string of the molecule is CC(CS(C)=O)NC(C)c1cc(F)ccc1F. The van der Waals surface area contributed by atoms with Crippen LogP contribution in [0.25, 0.3) is 0 Å². The van der Waals surface area contributed by atoms with Gasteiger partial charge in [0.1, 0.15) is 11.6 Å². The lowest BCUT2D eigenvalue weighted by atomic mass is 10.1. The van der Waals surface area contributed by atoms with Crippen LogP contribution in [0.4, 0.5) is 8.78 Å². The first-order chi connectivity index (χ1) is 7.90. The number of benzene rings is 1. The summed E-state index contributed by atoms with van der Waals surface area (Å²) in [5, 5.41) is 3.10. The highest BCUT2D eigenvalue weighted by Crippen LogP contribution is 2.18. The summed E-state index contributed by atoms with van der Waals surface area (Å²) in [7, 11) is -0.909. The molecule has 0 aromatic heterocycles. The third-order valence-corrected chi connectivity index (χ3v) is 3.41. The zero-order valence-corrected chi connectivity index (χ0v) is 11.0. The van der Waals surface area contributed by atoms with Crippen molar-refractivity contribution in [1.82, 2.24) is 5.32 Å². The lowest BCUT2D eigenvalue weighted by molar-refractivity contribution is 0.480. The fourth-order valence-corrected chi connectivity index (χ4v) is 2.56. The van der Waals surface area contributed by atoms with Gasteiger partial charge in [0.15, 0.2) is 0 Å². The molecule has 5 heteroatoms. The second-order valence-corrected chi connectivity index (χ2v) is 5.67. The Balaban J connectivity index is 2.72. The molecule has 0 saturated heterocycles. The first-order valence-electron chi connectivity index (χ1n) is 5.41. The van der Waals surface area contributed by atoms with Crippen molar-refractivity contribution in [3.05, 3.63) is 35.4 Å². The van der Waals surface area contributed by atoms with Gasteiger partial charge >= 0.3 is 0 Å². The fraction of sp³-hybridized carbons (Fsp3) is 0.500. The van der Waals surface area contributed by atoms with Crippen LogP contribution in [0.15, 0.2) is 18.2 Å². The average molecular weight is 261 g/mol. The Morgan fingerprint density at radius 2 is 2.00 bits per heavy atom. The molecule has 3 unspecified atom stereocenters. The van der Waals surface area contributed by atoms with E-state index in [4.69, 9.17) is 0 Å². The summed E-state index contributed by atoms with van der Waals surface area (Å²) in [6.45, 7) is 3.63. The maximum atomic E-state index is 13.5. The van der Waals surface area contributed by atoms with Crippen LogP contribution >= 0.6 is 0 Å². The third kappa shape index (κ3) is 4.52. The largest absolute Gasteiger partial charge is 0.307 e. The second-order valence-electron chi connectivity index (χ2n) is 4.20. The summed E-state index contributed by atoms with van der Waals surface area (Å²) in [6.07, 6.45) is 1.62. The van der Waals surface area contributed by atoms with Crippen molar-refractivity contribution >= 4 is 10.8 Å². The Hall–Kier alpha value is -0.810. The summed E-state index contributed by atoms with van der Waals surface area (Å²) in [6, 6.07) is 3.06. The molecule has 0 fully saturated rings. The van der Waals surface area contributed by atoms with E-state index in [9.17, 15) is 13.0 Å². The van der Waals surface area contributed by atoms with Crippen LogP contribution in [0.2, 0.25) is 0 Å². The van der Waals surface area contributed by atoms with Gasteiger partial charge in [0.2, 0.25) is 0 Å². The van der Waals surface area contributed by atoms with Gasteiger partial charge in [0, 0.05) is 40.5 Å². The zero-order chi connectivity index (χ0) is 13.0. The molecule has 0 aliphatic rings. The summed E-state index contributed by atoms with van der Waals surface area (Å²) < 4.78 is 37.5. The van der Waals surface area contributed by atoms with E-state index in [1.54, 1.807) is 13.2 Å². The highest BCUT2D eigenvalue weighted by Gasteiger charge is 2.14. The minimum absolute atomic E-state index is 0.0153. The lowest BCUT2D eigenvalue weighted by Gasteiger charge is -2.20. The Kier molecular flexibility index (Phi) is 5.21. The number of halogens is 2. The molecule has 0 amide bonds. The predicted octanol–water partition coefficient (Wildman–Crippen LogP) is 2.38. The summed E-state index contributed by atoms with van der Waals surface area (Å²) in [4.78, 5) is 0. The highest BCUT2D eigenvalue weighted by molar-refractivity contribution is 7.84. The number of rotatable bonds is 5. The smallest absolute Gasteiger partial charge is 0.128 e. The van der Waals surface area contributed by atoms with E-state index in [0.29, 0.717) is 11.3 Å². The Bertz CT molecular complexity index is 411. The topological polar surface area (TPSA) is 29.1 Å². The van der Waals surface area contributed by atoms with Crippen molar-refractivity contribution in [3.63, 3.8) is 0 Å². The Labute approximate surface area is 103 Å². The van der Waals surface area contributed by atoms with Crippen molar-refractivity contribution in [2.24, 2.45) is 0 Å². The van der Waals surface area contributed by atoms with Crippen LogP contribution in [-0.4, -0.2) is 22.3 Å². The van der Waals surface area contributed by atoms with Gasteiger partial charge < -0.3 is 5.32 Å². The molecule has 17 heavy (non-hydrogen) atoms. The molecular formula is C12H17F2NOS. The highest BCUT2D eigenvalue weighted by atomic mass is 32.2. The number of hydrogen-bond donors (Lipinski definition) is 1. The standard InChI is InChI=1S/C12H17F2NOS/c1-8(7-17(3)16)15-9(2)11-6-10(13)4-5-12(11)14/h4-6,8-9,15H,7H2,1-3H3. The third-order valence-electron chi connectivity index (χ3n) is 2.44. The minimum Gasteiger partial charge on any atom is -0.307 e. The first kappa shape index (κ1) is 14.3. The Morgan fingerprint density at radius 3 is 2.59 bits per heavy atom. The molecular weight excluding hydrogens is 244 g/mol. The quantitative estimate of drug-likeness (QED) is 0.881. The Morgan fingerprint density at radius 1 is 1.35 bits per heavy atom. The molecule has 1 rings (SSSR count). The van der Waals surface area contributed by atoms with Gasteiger partial charge in [-0.3, -0.25) is 4.21 Å². The van der Waals surface area contributed by atoms with Crippen molar-refractivity contribution in [3.8, 4) is 0 Å². The van der Waals surface area contributed by atoms with Crippen molar-refractivity contribution in [1.29, 1.82) is 0 Å². The van der Waals surface area contributed by atoms with Gasteiger partial charge in [0.25, 0.3) is 0 Å². The van der Waals surface area contributed by atoms with Gasteiger partial charge in [0.05, 0.1) is 0 Å². The average Bonchev–Trinajstić information content (AvgIpc) is 2.20. The van der Waals surface area contributed by atoms with Crippen LogP contribution in [0.5, 0.6) is 0 Å². The van der Waals surface area contributed by atoms with E-state index in [1.165, 1.54) is 6.07 Å². The van der Waals surface area contributed by atoms with E-state index < -0.39 is 22.4 Å². The molecule has 3 atom stereocenters. The molecule has 0 spiro atoms. The first-order valence-corrected chi connectivity index (χ1v) is 7.14. The van der Waals surface area contributed by atoms with Crippen LogP contribution in [0.3, 0.4) is 0 Å². The van der Waals surface area contributed by atoms with Gasteiger partial charge in [-0.25, -0.2) is 8.78 Å². The molecule has 0 heterocycles. The molecule has 2 nitrogen and oxygen atoms in total. The van der Waals surface area contributed by atoms with Crippen molar-refractivity contribution in [2.75, 3.05) is 12.0 Å². The van der Waals surface area contributed by atoms with Crippen LogP contribution in [-0.2, 0) is 10.8 Å². The molecule has 1 N–H and O–H groups in total. The molecule has 0 aliphatic heterocycles. The van der Waals surface area contributed by atoms with Crippen molar-refractivity contribution < 1.29 is 13.0 Å². The molecule has 1 aromatic rings. The normalized spacial score (nSPS) is 16.5. The van der Waals surface area contributed by atoms with E-state index in [-0.39, 0.29) is 12.1 Å². The summed E-state index contributed by atoms with van der Waals surface area (Å²) in [5.74, 6) is -0.403. The van der Waals surface area contributed by atoms with Gasteiger partial charge in [-0.05, 0) is 32.0 Å². The summed E-state index contributed by atoms with van der Waals surface area (Å²) >= 11 is 0.